The Balaban J connectivity index is 2.82. The maximum atomic E-state index is 12.7. The number of carbonyl (C=O) groups is 4. The number of anilines is 1. The molecule has 0 heterocycles. The number of nitrogens with one attached hydrogen (secondary N) is 2. The first-order chi connectivity index (χ1) is 14.5. The Labute approximate surface area is 182 Å². The number of carbonyl (C=O) groups excluding carboxylic acids is 4. The van der Waals surface area contributed by atoms with Crippen LogP contribution in [0.25, 0.3) is 0 Å². The topological polar surface area (TPSA) is 137 Å². The van der Waals surface area contributed by atoms with Gasteiger partial charge in [-0.05, 0) is 45.4 Å². The summed E-state index contributed by atoms with van der Waals surface area (Å²) in [6, 6.07) is 5.76. The molecule has 0 aliphatic heterocycles. The molecule has 0 saturated carbocycles. The summed E-state index contributed by atoms with van der Waals surface area (Å²) >= 11 is 0. The van der Waals surface area contributed by atoms with E-state index in [1.54, 1.807) is 45.0 Å². The Hall–Kier alpha value is -3.54. The zero-order valence-corrected chi connectivity index (χ0v) is 18.2. The Morgan fingerprint density at radius 3 is 2.48 bits per heavy atom. The van der Waals surface area contributed by atoms with Crippen LogP contribution in [0.4, 0.5) is 10.5 Å². The number of nitrogens with two attached hydrogens (primary N) is 1. The summed E-state index contributed by atoms with van der Waals surface area (Å²) < 4.78 is 9.73. The first-order valence-electron chi connectivity index (χ1n) is 9.74. The minimum absolute atomic E-state index is 0.0213. The zero-order chi connectivity index (χ0) is 23.4. The van der Waals surface area contributed by atoms with E-state index in [2.05, 4.69) is 27.2 Å². The second kappa shape index (κ2) is 12.2. The van der Waals surface area contributed by atoms with E-state index in [9.17, 15) is 19.2 Å². The summed E-state index contributed by atoms with van der Waals surface area (Å²) in [7, 11) is 1.32. The molecular formula is C22H29N3O6. The number of esters is 1. The van der Waals surface area contributed by atoms with Gasteiger partial charge in [0.05, 0.1) is 13.5 Å². The number of primary amides is 1. The minimum Gasteiger partial charge on any atom is -0.469 e. The van der Waals surface area contributed by atoms with E-state index in [0.717, 1.165) is 0 Å². The Kier molecular flexibility index (Phi) is 10.1. The molecule has 1 rings (SSSR count). The molecule has 1 atom stereocenters. The van der Waals surface area contributed by atoms with Crippen molar-refractivity contribution in [3.63, 3.8) is 0 Å². The number of rotatable bonds is 8. The fourth-order valence-electron chi connectivity index (χ4n) is 2.34. The highest BCUT2D eigenvalue weighted by molar-refractivity contribution is 5.97. The van der Waals surface area contributed by atoms with Crippen LogP contribution in [-0.2, 0) is 23.9 Å². The molecule has 0 aliphatic carbocycles. The van der Waals surface area contributed by atoms with Crippen LogP contribution in [0.3, 0.4) is 0 Å². The van der Waals surface area contributed by atoms with Crippen molar-refractivity contribution >= 4 is 29.6 Å². The van der Waals surface area contributed by atoms with Gasteiger partial charge in [0.15, 0.2) is 0 Å². The summed E-state index contributed by atoms with van der Waals surface area (Å²) in [5.74, 6) is 4.31. The average Bonchev–Trinajstić information content (AvgIpc) is 2.66. The van der Waals surface area contributed by atoms with Crippen molar-refractivity contribution in [1.29, 1.82) is 0 Å². The lowest BCUT2D eigenvalue weighted by Crippen LogP contribution is -2.46. The molecule has 0 aromatic heterocycles. The molecule has 9 heteroatoms. The van der Waals surface area contributed by atoms with Crippen molar-refractivity contribution in [3.8, 4) is 11.8 Å². The van der Waals surface area contributed by atoms with Crippen LogP contribution < -0.4 is 16.4 Å². The van der Waals surface area contributed by atoms with Gasteiger partial charge >= 0.3 is 12.1 Å². The van der Waals surface area contributed by atoms with Crippen molar-refractivity contribution in [2.45, 2.75) is 58.1 Å². The van der Waals surface area contributed by atoms with E-state index in [1.165, 1.54) is 7.11 Å². The maximum absolute atomic E-state index is 12.7. The van der Waals surface area contributed by atoms with Crippen molar-refractivity contribution in [2.24, 2.45) is 5.73 Å². The summed E-state index contributed by atoms with van der Waals surface area (Å²) in [5.41, 5.74) is 5.53. The van der Waals surface area contributed by atoms with Crippen LogP contribution in [-0.4, -0.2) is 42.6 Å². The van der Waals surface area contributed by atoms with Gasteiger partial charge in [-0.3, -0.25) is 14.4 Å². The van der Waals surface area contributed by atoms with Gasteiger partial charge in [0.25, 0.3) is 0 Å². The summed E-state index contributed by atoms with van der Waals surface area (Å²) in [6.45, 7) is 5.09. The maximum Gasteiger partial charge on any atom is 0.408 e. The molecule has 3 amide bonds. The molecule has 0 aliphatic rings. The van der Waals surface area contributed by atoms with E-state index in [-0.39, 0.29) is 25.2 Å². The van der Waals surface area contributed by atoms with E-state index in [1.807, 2.05) is 0 Å². The third-order valence-electron chi connectivity index (χ3n) is 3.73. The number of hydrogen-bond acceptors (Lipinski definition) is 6. The Morgan fingerprint density at radius 2 is 1.87 bits per heavy atom. The second-order valence-corrected chi connectivity index (χ2v) is 7.65. The van der Waals surface area contributed by atoms with E-state index in [4.69, 9.17) is 10.5 Å². The van der Waals surface area contributed by atoms with Gasteiger partial charge in [-0.2, -0.15) is 0 Å². The van der Waals surface area contributed by atoms with Gasteiger partial charge in [0.1, 0.15) is 11.6 Å². The van der Waals surface area contributed by atoms with Gasteiger partial charge in [0.2, 0.25) is 11.8 Å². The number of alkyl carbamates (subject to hydrolysis) is 1. The van der Waals surface area contributed by atoms with Crippen LogP contribution in [0.5, 0.6) is 0 Å². The third kappa shape index (κ3) is 11.3. The predicted octanol–water partition coefficient (Wildman–Crippen LogP) is 2.09. The van der Waals surface area contributed by atoms with E-state index >= 15 is 0 Å². The fourth-order valence-corrected chi connectivity index (χ4v) is 2.34. The predicted molar refractivity (Wildman–Crippen MR) is 115 cm³/mol. The molecule has 4 N–H and O–H groups in total. The molecule has 1 unspecified atom stereocenters. The normalized spacial score (nSPS) is 11.4. The first-order valence-corrected chi connectivity index (χ1v) is 9.74. The van der Waals surface area contributed by atoms with Gasteiger partial charge in [-0.15, -0.1) is 0 Å². The molecule has 31 heavy (non-hydrogen) atoms. The van der Waals surface area contributed by atoms with Gasteiger partial charge in [-0.1, -0.05) is 17.9 Å². The standard InChI is InChI=1S/C22H29N3O6/c1-22(2,3)31-21(29)25-17(12-13-18(23)26)20(28)24-16-10-7-9-15(14-16)8-5-6-11-19(27)30-4/h7,9-10,14,17H,6,11-13H2,1-4H3,(H2,23,26)(H,24,28)(H,25,29). The van der Waals surface area contributed by atoms with Gasteiger partial charge in [0, 0.05) is 24.1 Å². The lowest BCUT2D eigenvalue weighted by molar-refractivity contribution is -0.140. The quantitative estimate of drug-likeness (QED) is 0.426. The van der Waals surface area contributed by atoms with Crippen LogP contribution in [0.1, 0.15) is 52.0 Å². The summed E-state index contributed by atoms with van der Waals surface area (Å²) in [4.78, 5) is 47.0. The molecule has 168 valence electrons. The number of amides is 3. The van der Waals surface area contributed by atoms with Crippen molar-refractivity contribution < 1.29 is 28.7 Å². The van der Waals surface area contributed by atoms with Crippen molar-refractivity contribution in [2.75, 3.05) is 12.4 Å². The number of methoxy groups -OCH3 is 1. The Bertz CT molecular complexity index is 864. The largest absolute Gasteiger partial charge is 0.469 e. The molecule has 0 radical (unpaired) electrons. The molecular weight excluding hydrogens is 402 g/mol. The number of hydrogen-bond donors (Lipinski definition) is 3. The fraction of sp³-hybridized carbons (Fsp3) is 0.455. The van der Waals surface area contributed by atoms with E-state index in [0.29, 0.717) is 17.7 Å². The summed E-state index contributed by atoms with van der Waals surface area (Å²) in [5, 5.41) is 5.16. The average molecular weight is 431 g/mol. The van der Waals surface area contributed by atoms with Crippen molar-refractivity contribution in [3.05, 3.63) is 29.8 Å². The van der Waals surface area contributed by atoms with Crippen LogP contribution in [0.2, 0.25) is 0 Å². The van der Waals surface area contributed by atoms with Gasteiger partial charge < -0.3 is 25.8 Å². The lowest BCUT2D eigenvalue weighted by Gasteiger charge is -2.23. The zero-order valence-electron chi connectivity index (χ0n) is 18.2. The number of ether oxygens (including phenoxy) is 2. The highest BCUT2D eigenvalue weighted by Gasteiger charge is 2.25. The van der Waals surface area contributed by atoms with Gasteiger partial charge in [-0.25, -0.2) is 4.79 Å². The SMILES string of the molecule is COC(=O)CCC#Cc1cccc(NC(=O)C(CCC(N)=O)NC(=O)OC(C)(C)C)c1. The number of benzene rings is 1. The Morgan fingerprint density at radius 1 is 1.16 bits per heavy atom. The monoisotopic (exact) mass is 431 g/mol. The molecule has 0 fully saturated rings. The van der Waals surface area contributed by atoms with Crippen LogP contribution in [0.15, 0.2) is 24.3 Å². The molecule has 9 nitrogen and oxygen atoms in total. The molecule has 0 saturated heterocycles. The summed E-state index contributed by atoms with van der Waals surface area (Å²) in [6.07, 6.45) is -0.300. The van der Waals surface area contributed by atoms with Crippen LogP contribution in [0, 0.1) is 11.8 Å². The molecule has 1 aromatic rings. The molecule has 1 aromatic carbocycles. The highest BCUT2D eigenvalue weighted by atomic mass is 16.6. The van der Waals surface area contributed by atoms with E-state index < -0.39 is 29.6 Å². The lowest BCUT2D eigenvalue weighted by atomic mass is 10.1. The first kappa shape index (κ1) is 25.5. The smallest absolute Gasteiger partial charge is 0.408 e. The minimum atomic E-state index is -1.02. The second-order valence-electron chi connectivity index (χ2n) is 7.65. The third-order valence-corrected chi connectivity index (χ3v) is 3.73. The highest BCUT2D eigenvalue weighted by Crippen LogP contribution is 2.12. The van der Waals surface area contributed by atoms with Crippen molar-refractivity contribution in [1.82, 2.24) is 5.32 Å². The molecule has 0 bridgehead atoms. The van der Waals surface area contributed by atoms with Crippen LogP contribution >= 0.6 is 0 Å². The molecule has 0 spiro atoms.